The van der Waals surface area contributed by atoms with Gasteiger partial charge in [-0.05, 0) is 18.2 Å². The average molecular weight is 231 g/mol. The summed E-state index contributed by atoms with van der Waals surface area (Å²) in [5, 5.41) is 0.402. The van der Waals surface area contributed by atoms with Crippen LogP contribution in [0.1, 0.15) is 10.5 Å². The van der Waals surface area contributed by atoms with E-state index in [2.05, 4.69) is 4.98 Å². The highest BCUT2D eigenvalue weighted by Crippen LogP contribution is 2.20. The van der Waals surface area contributed by atoms with E-state index < -0.39 is 5.82 Å². The molecule has 5 heteroatoms. The summed E-state index contributed by atoms with van der Waals surface area (Å²) in [7, 11) is 0. The minimum atomic E-state index is -0.608. The number of aromatic nitrogens is 1. The molecule has 0 radical (unpaired) electrons. The molecule has 0 unspecified atom stereocenters. The number of benzene rings is 1. The summed E-state index contributed by atoms with van der Waals surface area (Å²) in [6.07, 6.45) is 0.565. The Morgan fingerprint density at radius 2 is 2.12 bits per heavy atom. The topological polar surface area (TPSA) is 63.1 Å². The Balaban J connectivity index is 2.59. The molecule has 0 atom stereocenters. The fraction of sp³-hybridized carbons (Fsp3) is 0. The zero-order valence-electron chi connectivity index (χ0n) is 8.49. The first-order valence-corrected chi connectivity index (χ1v) is 4.90. The van der Waals surface area contributed by atoms with Crippen LogP contribution in [0.4, 0.5) is 4.39 Å². The Hall–Kier alpha value is -2.43. The lowest BCUT2D eigenvalue weighted by molar-refractivity contribution is 0.111. The first kappa shape index (κ1) is 9.77. The highest BCUT2D eigenvalue weighted by Gasteiger charge is 2.12. The molecule has 0 spiro atoms. The van der Waals surface area contributed by atoms with Crippen LogP contribution in [0.5, 0.6) is 0 Å². The highest BCUT2D eigenvalue weighted by molar-refractivity contribution is 5.92. The molecule has 0 aliphatic carbocycles. The van der Waals surface area contributed by atoms with Crippen molar-refractivity contribution in [1.29, 1.82) is 0 Å². The van der Waals surface area contributed by atoms with Gasteiger partial charge in [-0.3, -0.25) is 9.59 Å². The zero-order chi connectivity index (χ0) is 12.0. The van der Waals surface area contributed by atoms with Gasteiger partial charge in [0.1, 0.15) is 0 Å². The SMILES string of the molecule is O=Cc1cc2c(=O)c3cccc(F)c3oc2[nH]1. The Kier molecular flexibility index (Phi) is 1.89. The van der Waals surface area contributed by atoms with Gasteiger partial charge in [0.15, 0.2) is 17.7 Å². The van der Waals surface area contributed by atoms with Crippen molar-refractivity contribution in [2.45, 2.75) is 0 Å². The highest BCUT2D eigenvalue weighted by atomic mass is 19.1. The summed E-state index contributed by atoms with van der Waals surface area (Å²) < 4.78 is 18.7. The van der Waals surface area contributed by atoms with Gasteiger partial charge in [-0.25, -0.2) is 4.39 Å². The van der Waals surface area contributed by atoms with E-state index in [1.54, 1.807) is 0 Å². The molecule has 3 rings (SSSR count). The second-order valence-electron chi connectivity index (χ2n) is 3.63. The molecule has 0 aliphatic rings. The smallest absolute Gasteiger partial charge is 0.209 e. The number of H-pyrrole nitrogens is 1. The van der Waals surface area contributed by atoms with Crippen LogP contribution in [-0.2, 0) is 0 Å². The third-order valence-electron chi connectivity index (χ3n) is 2.59. The van der Waals surface area contributed by atoms with E-state index in [1.165, 1.54) is 24.3 Å². The number of halogens is 1. The summed E-state index contributed by atoms with van der Waals surface area (Å²) in [5.41, 5.74) is -0.138. The average Bonchev–Trinajstić information content (AvgIpc) is 2.74. The normalized spacial score (nSPS) is 11.1. The van der Waals surface area contributed by atoms with Crippen LogP contribution in [0.3, 0.4) is 0 Å². The van der Waals surface area contributed by atoms with Crippen LogP contribution in [-0.4, -0.2) is 11.3 Å². The fourth-order valence-electron chi connectivity index (χ4n) is 1.81. The Morgan fingerprint density at radius 1 is 1.29 bits per heavy atom. The zero-order valence-corrected chi connectivity index (χ0v) is 8.49. The number of rotatable bonds is 1. The predicted molar refractivity (Wildman–Crippen MR) is 59.7 cm³/mol. The molecule has 3 aromatic rings. The first-order chi connectivity index (χ1) is 8.20. The summed E-state index contributed by atoms with van der Waals surface area (Å²) in [6.45, 7) is 0. The van der Waals surface area contributed by atoms with Gasteiger partial charge in [0, 0.05) is 0 Å². The molecule has 1 aromatic carbocycles. The number of carbonyl (C=O) groups is 1. The van der Waals surface area contributed by atoms with E-state index in [-0.39, 0.29) is 33.2 Å². The largest absolute Gasteiger partial charge is 0.436 e. The number of nitrogens with one attached hydrogen (secondary N) is 1. The lowest BCUT2D eigenvalue weighted by Crippen LogP contribution is -2.01. The quantitative estimate of drug-likeness (QED) is 0.653. The second kappa shape index (κ2) is 3.28. The molecule has 0 saturated heterocycles. The standard InChI is InChI=1S/C12H6FNO3/c13-9-3-1-2-7-10(16)8-4-6(5-15)14-12(8)17-11(7)9/h1-5,14H. The van der Waals surface area contributed by atoms with Gasteiger partial charge in [0.05, 0.1) is 16.5 Å². The number of hydrogen-bond donors (Lipinski definition) is 1. The molecule has 2 heterocycles. The van der Waals surface area contributed by atoms with Crippen molar-refractivity contribution in [3.63, 3.8) is 0 Å². The van der Waals surface area contributed by atoms with Crippen LogP contribution in [0.2, 0.25) is 0 Å². The van der Waals surface area contributed by atoms with Crippen molar-refractivity contribution in [2.75, 3.05) is 0 Å². The van der Waals surface area contributed by atoms with Crippen LogP contribution in [0, 0.1) is 5.82 Å². The molecular weight excluding hydrogens is 225 g/mol. The maximum atomic E-state index is 13.5. The van der Waals surface area contributed by atoms with Gasteiger partial charge in [-0.2, -0.15) is 0 Å². The first-order valence-electron chi connectivity index (χ1n) is 4.90. The van der Waals surface area contributed by atoms with E-state index >= 15 is 0 Å². The molecule has 0 bridgehead atoms. The van der Waals surface area contributed by atoms with Gasteiger partial charge in [0.25, 0.3) is 0 Å². The van der Waals surface area contributed by atoms with Crippen molar-refractivity contribution in [1.82, 2.24) is 4.98 Å². The molecule has 0 aliphatic heterocycles. The predicted octanol–water partition coefficient (Wildman–Crippen LogP) is 2.23. The van der Waals surface area contributed by atoms with Crippen molar-refractivity contribution in [3.05, 3.63) is 46.0 Å². The molecular formula is C12H6FNO3. The molecule has 17 heavy (non-hydrogen) atoms. The number of fused-ring (bicyclic) bond motifs is 2. The molecule has 1 N–H and O–H groups in total. The van der Waals surface area contributed by atoms with E-state index in [0.29, 0.717) is 6.29 Å². The van der Waals surface area contributed by atoms with Crippen molar-refractivity contribution < 1.29 is 13.6 Å². The molecule has 2 aromatic heterocycles. The van der Waals surface area contributed by atoms with E-state index in [9.17, 15) is 14.0 Å². The summed E-state index contributed by atoms with van der Waals surface area (Å²) >= 11 is 0. The van der Waals surface area contributed by atoms with Crippen molar-refractivity contribution in [3.8, 4) is 0 Å². The molecule has 0 amide bonds. The van der Waals surface area contributed by atoms with Crippen LogP contribution >= 0.6 is 0 Å². The van der Waals surface area contributed by atoms with Gasteiger partial charge >= 0.3 is 0 Å². The minimum Gasteiger partial charge on any atom is -0.436 e. The Morgan fingerprint density at radius 3 is 2.88 bits per heavy atom. The minimum absolute atomic E-state index is 0.106. The summed E-state index contributed by atoms with van der Waals surface area (Å²) in [5.74, 6) is -0.608. The Labute approximate surface area is 93.7 Å². The maximum absolute atomic E-state index is 13.5. The maximum Gasteiger partial charge on any atom is 0.209 e. The van der Waals surface area contributed by atoms with E-state index in [0.717, 1.165) is 0 Å². The molecule has 0 fully saturated rings. The van der Waals surface area contributed by atoms with Crippen molar-refractivity contribution >= 4 is 28.4 Å². The van der Waals surface area contributed by atoms with Crippen molar-refractivity contribution in [2.24, 2.45) is 0 Å². The van der Waals surface area contributed by atoms with Gasteiger partial charge in [0.2, 0.25) is 11.1 Å². The Bertz CT molecular complexity index is 800. The fourth-order valence-corrected chi connectivity index (χ4v) is 1.81. The molecule has 4 nitrogen and oxygen atoms in total. The van der Waals surface area contributed by atoms with E-state index in [4.69, 9.17) is 4.42 Å². The lowest BCUT2D eigenvalue weighted by atomic mass is 10.2. The third kappa shape index (κ3) is 1.29. The molecule has 0 saturated carbocycles. The summed E-state index contributed by atoms with van der Waals surface area (Å²) in [4.78, 5) is 25.2. The molecule has 84 valence electrons. The second-order valence-corrected chi connectivity index (χ2v) is 3.63. The van der Waals surface area contributed by atoms with E-state index in [1.807, 2.05) is 0 Å². The number of hydrogen-bond acceptors (Lipinski definition) is 3. The number of para-hydroxylation sites is 1. The van der Waals surface area contributed by atoms with Crippen LogP contribution < -0.4 is 5.43 Å². The summed E-state index contributed by atoms with van der Waals surface area (Å²) in [6, 6.07) is 5.52. The van der Waals surface area contributed by atoms with Gasteiger partial charge < -0.3 is 9.40 Å². The lowest BCUT2D eigenvalue weighted by Gasteiger charge is -1.97. The number of aldehydes is 1. The van der Waals surface area contributed by atoms with Crippen LogP contribution in [0.15, 0.2) is 33.5 Å². The third-order valence-corrected chi connectivity index (χ3v) is 2.59. The van der Waals surface area contributed by atoms with Gasteiger partial charge in [-0.15, -0.1) is 0 Å². The van der Waals surface area contributed by atoms with Gasteiger partial charge in [-0.1, -0.05) is 6.07 Å². The number of carbonyl (C=O) groups excluding carboxylic acids is 1. The number of aromatic amines is 1. The van der Waals surface area contributed by atoms with Crippen LogP contribution in [0.25, 0.3) is 22.1 Å². The monoisotopic (exact) mass is 231 g/mol.